The van der Waals surface area contributed by atoms with Crippen LogP contribution in [0.2, 0.25) is 0 Å². The van der Waals surface area contributed by atoms with Crippen molar-refractivity contribution < 1.29 is 0 Å². The summed E-state index contributed by atoms with van der Waals surface area (Å²) >= 11 is 5.37. The van der Waals surface area contributed by atoms with Gasteiger partial charge in [-0.15, -0.1) is 11.3 Å². The van der Waals surface area contributed by atoms with Crippen molar-refractivity contribution in [3.63, 3.8) is 0 Å². The molecule has 0 spiro atoms. The molecule has 2 aromatic heterocycles. The van der Waals surface area contributed by atoms with E-state index < -0.39 is 0 Å². The van der Waals surface area contributed by atoms with Crippen LogP contribution in [0, 0.1) is 6.92 Å². The minimum absolute atomic E-state index is 0.0885. The fraction of sp³-hybridized carbons (Fsp3) is 0.333. The summed E-state index contributed by atoms with van der Waals surface area (Å²) in [4.78, 5) is 19.5. The van der Waals surface area contributed by atoms with Crippen molar-refractivity contribution in [1.29, 1.82) is 0 Å². The molecule has 0 aliphatic heterocycles. The number of aromatic nitrogens is 3. The van der Waals surface area contributed by atoms with E-state index >= 15 is 0 Å². The van der Waals surface area contributed by atoms with Crippen molar-refractivity contribution in [2.24, 2.45) is 12.0 Å². The molecule has 1 aliphatic rings. The lowest BCUT2D eigenvalue weighted by molar-refractivity contribution is 0.439. The second-order valence-corrected chi connectivity index (χ2v) is 10.6. The minimum atomic E-state index is -0.0885. The fourth-order valence-corrected chi connectivity index (χ4v) is 6.37. The van der Waals surface area contributed by atoms with Crippen molar-refractivity contribution in [3.8, 4) is 16.9 Å². The molecule has 5 rings (SSSR count). The van der Waals surface area contributed by atoms with Crippen LogP contribution in [0.4, 0.5) is 5.69 Å². The van der Waals surface area contributed by atoms with Crippen molar-refractivity contribution in [2.45, 2.75) is 51.5 Å². The fourth-order valence-electron chi connectivity index (χ4n) is 4.92. The maximum Gasteiger partial charge on any atom is 0.297 e. The van der Waals surface area contributed by atoms with Crippen molar-refractivity contribution in [1.82, 2.24) is 13.9 Å². The molecular weight excluding hydrogens is 508 g/mol. The van der Waals surface area contributed by atoms with E-state index in [0.29, 0.717) is 11.7 Å². The molecule has 0 bridgehead atoms. The Morgan fingerprint density at radius 1 is 0.971 bits per heavy atom. The highest BCUT2D eigenvalue weighted by molar-refractivity contribution is 9.10. The molecule has 4 aromatic rings. The molecule has 0 saturated heterocycles. The number of hydrogen-bond acceptors (Lipinski definition) is 3. The average Bonchev–Trinajstić information content (AvgIpc) is 3.19. The third-order valence-electron chi connectivity index (χ3n) is 6.81. The molecule has 1 fully saturated rings. The van der Waals surface area contributed by atoms with Crippen molar-refractivity contribution in [2.75, 3.05) is 0 Å². The molecule has 0 radical (unpaired) electrons. The number of hydrogen-bond donors (Lipinski definition) is 0. The van der Waals surface area contributed by atoms with Crippen LogP contribution in [-0.2, 0) is 7.05 Å². The zero-order valence-corrected chi connectivity index (χ0v) is 22.0. The van der Waals surface area contributed by atoms with E-state index in [4.69, 9.17) is 4.99 Å². The van der Waals surface area contributed by atoms with Gasteiger partial charge >= 0.3 is 0 Å². The Bertz CT molecular complexity index is 1420. The predicted octanol–water partition coefficient (Wildman–Crippen LogP) is 6.90. The molecule has 1 aliphatic carbocycles. The monoisotopic (exact) mass is 536 g/mol. The van der Waals surface area contributed by atoms with Crippen LogP contribution in [0.25, 0.3) is 16.9 Å². The molecule has 0 amide bonds. The Balaban J connectivity index is 1.72. The summed E-state index contributed by atoms with van der Waals surface area (Å²) in [5.41, 5.74) is 4.45. The lowest BCUT2D eigenvalue weighted by atomic mass is 10.1. The van der Waals surface area contributed by atoms with Gasteiger partial charge in [-0.2, -0.15) is 0 Å². The number of benzene rings is 2. The number of thiazole rings is 1. The molecule has 34 heavy (non-hydrogen) atoms. The van der Waals surface area contributed by atoms with Crippen LogP contribution in [-0.4, -0.2) is 13.9 Å². The zero-order valence-electron chi connectivity index (χ0n) is 19.6. The topological polar surface area (TPSA) is 44.2 Å². The Morgan fingerprint density at radius 2 is 1.65 bits per heavy atom. The first-order chi connectivity index (χ1) is 16.6. The van der Waals surface area contributed by atoms with Gasteiger partial charge in [0.2, 0.25) is 0 Å². The van der Waals surface area contributed by atoms with E-state index in [1.807, 2.05) is 55.1 Å². The maximum absolute atomic E-state index is 13.5. The number of nitrogens with zero attached hydrogens (tertiary/aromatic N) is 4. The lowest BCUT2D eigenvalue weighted by Gasteiger charge is -2.20. The second-order valence-electron chi connectivity index (χ2n) is 8.92. The van der Waals surface area contributed by atoms with Crippen molar-refractivity contribution >= 4 is 33.0 Å². The number of rotatable bonds is 4. The molecule has 1 saturated carbocycles. The second kappa shape index (κ2) is 9.92. The summed E-state index contributed by atoms with van der Waals surface area (Å²) < 4.78 is 7.07. The quantitative estimate of drug-likeness (QED) is 0.261. The Morgan fingerprint density at radius 3 is 2.35 bits per heavy atom. The van der Waals surface area contributed by atoms with Gasteiger partial charge in [-0.25, -0.2) is 9.67 Å². The van der Waals surface area contributed by atoms with E-state index in [1.165, 1.54) is 31.4 Å². The zero-order chi connectivity index (χ0) is 23.7. The normalized spacial score (nSPS) is 15.6. The van der Waals surface area contributed by atoms with Gasteiger partial charge in [0, 0.05) is 28.5 Å². The van der Waals surface area contributed by atoms with Crippen LogP contribution in [0.15, 0.2) is 74.2 Å². The molecule has 0 unspecified atom stereocenters. The Labute approximate surface area is 212 Å². The summed E-state index contributed by atoms with van der Waals surface area (Å²) in [5.74, 6) is 0. The molecule has 2 aromatic carbocycles. The third-order valence-corrected chi connectivity index (χ3v) is 8.34. The maximum atomic E-state index is 13.5. The number of para-hydroxylation sites is 1. The molecule has 0 atom stereocenters. The highest BCUT2D eigenvalue weighted by atomic mass is 79.9. The summed E-state index contributed by atoms with van der Waals surface area (Å²) in [6.07, 6.45) is 7.32. The smallest absolute Gasteiger partial charge is 0.297 e. The van der Waals surface area contributed by atoms with Gasteiger partial charge in [0.1, 0.15) is 0 Å². The first kappa shape index (κ1) is 23.1. The first-order valence-corrected chi connectivity index (χ1v) is 13.6. The van der Waals surface area contributed by atoms with Gasteiger partial charge in [0.15, 0.2) is 10.5 Å². The molecule has 5 nitrogen and oxygen atoms in total. The van der Waals surface area contributed by atoms with Gasteiger partial charge in [-0.05, 0) is 38.0 Å². The van der Waals surface area contributed by atoms with E-state index in [0.717, 1.165) is 39.1 Å². The predicted molar refractivity (Wildman–Crippen MR) is 143 cm³/mol. The van der Waals surface area contributed by atoms with E-state index in [-0.39, 0.29) is 5.56 Å². The molecule has 7 heteroatoms. The summed E-state index contributed by atoms with van der Waals surface area (Å²) in [7, 11) is 1.92. The first-order valence-electron chi connectivity index (χ1n) is 11.9. The molecule has 2 heterocycles. The highest BCUT2D eigenvalue weighted by Gasteiger charge is 2.22. The van der Waals surface area contributed by atoms with Crippen LogP contribution in [0.5, 0.6) is 0 Å². The van der Waals surface area contributed by atoms with Gasteiger partial charge in [0.05, 0.1) is 17.1 Å². The summed E-state index contributed by atoms with van der Waals surface area (Å²) in [6.45, 7) is 1.97. The third kappa shape index (κ3) is 4.27. The molecule has 176 valence electrons. The number of halogens is 1. The van der Waals surface area contributed by atoms with Gasteiger partial charge in [0.25, 0.3) is 5.56 Å². The summed E-state index contributed by atoms with van der Waals surface area (Å²) in [6, 6.07) is 18.5. The van der Waals surface area contributed by atoms with Crippen LogP contribution >= 0.6 is 27.3 Å². The van der Waals surface area contributed by atoms with Crippen molar-refractivity contribution in [3.05, 3.63) is 85.3 Å². The minimum Gasteiger partial charge on any atom is -0.313 e. The van der Waals surface area contributed by atoms with E-state index in [1.54, 1.807) is 16.0 Å². The van der Waals surface area contributed by atoms with Crippen LogP contribution in [0.1, 0.15) is 50.3 Å². The van der Waals surface area contributed by atoms with Crippen LogP contribution < -0.4 is 10.4 Å². The molecule has 0 N–H and O–H groups in total. The molecular formula is C27H29BrN4OS. The van der Waals surface area contributed by atoms with Crippen LogP contribution in [0.3, 0.4) is 0 Å². The van der Waals surface area contributed by atoms with Gasteiger partial charge in [-0.3, -0.25) is 9.48 Å². The highest BCUT2D eigenvalue weighted by Crippen LogP contribution is 2.34. The lowest BCUT2D eigenvalue weighted by Crippen LogP contribution is -2.23. The summed E-state index contributed by atoms with van der Waals surface area (Å²) in [5, 5.41) is 2.19. The van der Waals surface area contributed by atoms with Gasteiger partial charge < -0.3 is 4.57 Å². The Hall–Kier alpha value is -2.64. The Kier molecular flexibility index (Phi) is 6.75. The average molecular weight is 538 g/mol. The standard InChI is InChI=1S/C27H29BrN4OS/c1-19-25(26(33)32(30(19)2)21-14-8-5-9-15-21)29-27-31(20-12-6-3-4-7-13-20)24(18-34-27)22-16-10-11-17-23(22)28/h5,8-11,14-18,20H,3-4,6-7,12-13H2,1-2H3. The largest absolute Gasteiger partial charge is 0.313 e. The SMILES string of the molecule is Cc1c(N=c2scc(-c3ccccc3Br)n2C2CCCCCC2)c(=O)n(-c2ccccc2)n1C. The van der Waals surface area contributed by atoms with E-state index in [2.05, 4.69) is 44.1 Å². The van der Waals surface area contributed by atoms with Gasteiger partial charge in [-0.1, -0.05) is 78.0 Å². The van der Waals surface area contributed by atoms with E-state index in [9.17, 15) is 4.79 Å².